The number of hydrogen-bond acceptors (Lipinski definition) is 7. The van der Waals surface area contributed by atoms with Crippen molar-refractivity contribution < 1.29 is 39.3 Å². The molecule has 0 radical (unpaired) electrons. The lowest BCUT2D eigenvalue weighted by molar-refractivity contribution is -0.138. The van der Waals surface area contributed by atoms with Crippen LogP contribution in [-0.4, -0.2) is 69.7 Å². The molecule has 0 aliphatic carbocycles. The zero-order chi connectivity index (χ0) is 25.8. The number of nitrogens with two attached hydrogens (primary N) is 1. The van der Waals surface area contributed by atoms with Gasteiger partial charge in [-0.15, -0.1) is 0 Å². The molecule has 12 heteroatoms. The Labute approximate surface area is 196 Å². The van der Waals surface area contributed by atoms with Gasteiger partial charge in [0.05, 0.1) is 6.04 Å². The van der Waals surface area contributed by atoms with Crippen molar-refractivity contribution in [3.63, 3.8) is 0 Å². The highest BCUT2D eigenvalue weighted by Gasteiger charge is 2.29. The number of phenolic OH excluding ortho intramolecular Hbond substituents is 1. The number of hydrogen-bond donors (Lipinski definition) is 7. The van der Waals surface area contributed by atoms with E-state index in [4.69, 9.17) is 15.9 Å². The standard InChI is InChI=1S/C22H32N4O8/c1-12(2)9-15(23)20(32)25-16(7-8-18(28)29)22(34)26-17(21(33)24-11-19(30)31)10-13-3-5-14(27)6-4-13/h3-6,12,15-17,27H,7-11,23H2,1-2H3,(H,24,33)(H,25,32)(H,26,34)(H,28,29)(H,30,31). The Morgan fingerprint density at radius 3 is 2.00 bits per heavy atom. The van der Waals surface area contributed by atoms with Crippen LogP contribution in [0.3, 0.4) is 0 Å². The monoisotopic (exact) mass is 480 g/mol. The summed E-state index contributed by atoms with van der Waals surface area (Å²) in [5.74, 6) is -4.60. The number of nitrogens with one attached hydrogen (secondary N) is 3. The normalized spacial score (nSPS) is 13.4. The number of phenols is 1. The first-order valence-corrected chi connectivity index (χ1v) is 10.7. The molecule has 0 bridgehead atoms. The maximum absolute atomic E-state index is 12.9. The molecule has 3 amide bonds. The summed E-state index contributed by atoms with van der Waals surface area (Å²) >= 11 is 0. The highest BCUT2D eigenvalue weighted by molar-refractivity contribution is 5.94. The average molecular weight is 481 g/mol. The number of carbonyl (C=O) groups is 5. The second kappa shape index (κ2) is 13.8. The van der Waals surface area contributed by atoms with Gasteiger partial charge in [0.25, 0.3) is 0 Å². The minimum Gasteiger partial charge on any atom is -0.508 e. The zero-order valence-electron chi connectivity index (χ0n) is 19.1. The van der Waals surface area contributed by atoms with E-state index in [9.17, 15) is 29.1 Å². The van der Waals surface area contributed by atoms with E-state index in [1.807, 2.05) is 13.8 Å². The molecule has 0 fully saturated rings. The van der Waals surface area contributed by atoms with Crippen molar-refractivity contribution >= 4 is 29.7 Å². The first-order valence-electron chi connectivity index (χ1n) is 10.7. The Morgan fingerprint density at radius 2 is 1.47 bits per heavy atom. The van der Waals surface area contributed by atoms with Gasteiger partial charge in [-0.2, -0.15) is 0 Å². The van der Waals surface area contributed by atoms with E-state index in [1.165, 1.54) is 24.3 Å². The third kappa shape index (κ3) is 10.8. The fraction of sp³-hybridized carbons (Fsp3) is 0.500. The summed E-state index contributed by atoms with van der Waals surface area (Å²) in [6.07, 6.45) is -0.375. The van der Waals surface area contributed by atoms with Crippen LogP contribution in [0.5, 0.6) is 5.75 Å². The molecule has 1 aromatic carbocycles. The second-order valence-electron chi connectivity index (χ2n) is 8.27. The van der Waals surface area contributed by atoms with Gasteiger partial charge < -0.3 is 37.0 Å². The average Bonchev–Trinajstić information content (AvgIpc) is 2.74. The Hall–Kier alpha value is -3.67. The predicted octanol–water partition coefficient (Wildman–Crippen LogP) is -0.657. The van der Waals surface area contributed by atoms with Crippen LogP contribution in [-0.2, 0) is 30.4 Å². The molecule has 8 N–H and O–H groups in total. The third-order valence-electron chi connectivity index (χ3n) is 4.76. The van der Waals surface area contributed by atoms with Crippen LogP contribution in [0.2, 0.25) is 0 Å². The number of aromatic hydroxyl groups is 1. The maximum Gasteiger partial charge on any atom is 0.322 e. The summed E-state index contributed by atoms with van der Waals surface area (Å²) in [5.41, 5.74) is 6.41. The van der Waals surface area contributed by atoms with Crippen molar-refractivity contribution in [2.24, 2.45) is 11.7 Å². The highest BCUT2D eigenvalue weighted by atomic mass is 16.4. The summed E-state index contributed by atoms with van der Waals surface area (Å²) in [5, 5.41) is 34.4. The first kappa shape index (κ1) is 28.4. The third-order valence-corrected chi connectivity index (χ3v) is 4.76. The Kier molecular flexibility index (Phi) is 11.5. The minimum atomic E-state index is -1.28. The molecule has 1 aromatic rings. The molecule has 12 nitrogen and oxygen atoms in total. The second-order valence-corrected chi connectivity index (χ2v) is 8.27. The van der Waals surface area contributed by atoms with Gasteiger partial charge in [-0.25, -0.2) is 0 Å². The quantitative estimate of drug-likeness (QED) is 0.180. The van der Waals surface area contributed by atoms with Crippen molar-refractivity contribution in [3.05, 3.63) is 29.8 Å². The molecule has 188 valence electrons. The molecule has 0 aliphatic heterocycles. The number of aliphatic carboxylic acids is 2. The number of carboxylic acids is 2. The Balaban J connectivity index is 3.04. The lowest BCUT2D eigenvalue weighted by atomic mass is 10.0. The van der Waals surface area contributed by atoms with Crippen molar-refractivity contribution in [2.45, 2.75) is 57.7 Å². The Bertz CT molecular complexity index is 872. The molecule has 0 saturated carbocycles. The number of amides is 3. The summed E-state index contributed by atoms with van der Waals surface area (Å²) < 4.78 is 0. The largest absolute Gasteiger partial charge is 0.508 e. The fourth-order valence-electron chi connectivity index (χ4n) is 3.07. The maximum atomic E-state index is 12.9. The number of carbonyl (C=O) groups excluding carboxylic acids is 3. The summed E-state index contributed by atoms with van der Waals surface area (Å²) in [4.78, 5) is 59.8. The minimum absolute atomic E-state index is 0.00570. The molecule has 3 unspecified atom stereocenters. The van der Waals surface area contributed by atoms with Crippen LogP contribution >= 0.6 is 0 Å². The molecule has 0 heterocycles. The number of benzene rings is 1. The van der Waals surface area contributed by atoms with Gasteiger partial charge in [0.1, 0.15) is 24.4 Å². The van der Waals surface area contributed by atoms with E-state index in [0.717, 1.165) is 0 Å². The van der Waals surface area contributed by atoms with E-state index in [0.29, 0.717) is 12.0 Å². The topological polar surface area (TPSA) is 208 Å². The molecule has 1 rings (SSSR count). The molecular weight excluding hydrogens is 448 g/mol. The molecule has 0 aromatic heterocycles. The van der Waals surface area contributed by atoms with E-state index >= 15 is 0 Å². The summed E-state index contributed by atoms with van der Waals surface area (Å²) in [7, 11) is 0. The van der Waals surface area contributed by atoms with E-state index in [2.05, 4.69) is 16.0 Å². The first-order chi connectivity index (χ1) is 15.9. The van der Waals surface area contributed by atoms with Crippen LogP contribution in [0.4, 0.5) is 0 Å². The van der Waals surface area contributed by atoms with Crippen LogP contribution in [0.15, 0.2) is 24.3 Å². The van der Waals surface area contributed by atoms with Crippen molar-refractivity contribution in [1.82, 2.24) is 16.0 Å². The van der Waals surface area contributed by atoms with Crippen molar-refractivity contribution in [1.29, 1.82) is 0 Å². The molecule has 0 saturated heterocycles. The van der Waals surface area contributed by atoms with Gasteiger partial charge >= 0.3 is 11.9 Å². The number of rotatable bonds is 14. The van der Waals surface area contributed by atoms with Gasteiger partial charge in [0.15, 0.2) is 0 Å². The van der Waals surface area contributed by atoms with Gasteiger partial charge in [-0.05, 0) is 36.5 Å². The van der Waals surface area contributed by atoms with E-state index in [1.54, 1.807) is 0 Å². The van der Waals surface area contributed by atoms with Crippen LogP contribution < -0.4 is 21.7 Å². The smallest absolute Gasteiger partial charge is 0.322 e. The molecule has 34 heavy (non-hydrogen) atoms. The lowest BCUT2D eigenvalue weighted by Gasteiger charge is -2.24. The van der Waals surface area contributed by atoms with Crippen LogP contribution in [0, 0.1) is 5.92 Å². The van der Waals surface area contributed by atoms with Gasteiger partial charge in [-0.3, -0.25) is 24.0 Å². The van der Waals surface area contributed by atoms with Gasteiger partial charge in [-0.1, -0.05) is 26.0 Å². The summed E-state index contributed by atoms with van der Waals surface area (Å²) in [6.45, 7) is 3.06. The molecule has 3 atom stereocenters. The highest BCUT2D eigenvalue weighted by Crippen LogP contribution is 2.12. The molecular formula is C22H32N4O8. The lowest BCUT2D eigenvalue weighted by Crippen LogP contribution is -2.56. The van der Waals surface area contributed by atoms with Crippen molar-refractivity contribution in [3.8, 4) is 5.75 Å². The predicted molar refractivity (Wildman–Crippen MR) is 121 cm³/mol. The SMILES string of the molecule is CC(C)CC(N)C(=O)NC(CCC(=O)O)C(=O)NC(Cc1ccc(O)cc1)C(=O)NCC(=O)O. The van der Waals surface area contributed by atoms with E-state index in [-0.39, 0.29) is 24.5 Å². The van der Waals surface area contributed by atoms with Crippen LogP contribution in [0.1, 0.15) is 38.7 Å². The zero-order valence-corrected chi connectivity index (χ0v) is 19.1. The van der Waals surface area contributed by atoms with E-state index < -0.39 is 60.8 Å². The van der Waals surface area contributed by atoms with Gasteiger partial charge in [0, 0.05) is 12.8 Å². The number of carboxylic acid groups (broad SMARTS) is 2. The van der Waals surface area contributed by atoms with Gasteiger partial charge in [0.2, 0.25) is 17.7 Å². The van der Waals surface area contributed by atoms with Crippen LogP contribution in [0.25, 0.3) is 0 Å². The molecule has 0 spiro atoms. The summed E-state index contributed by atoms with van der Waals surface area (Å²) in [6, 6.07) is 2.39. The fourth-order valence-corrected chi connectivity index (χ4v) is 3.07. The van der Waals surface area contributed by atoms with Crippen molar-refractivity contribution in [2.75, 3.05) is 6.54 Å². The Morgan fingerprint density at radius 1 is 0.882 bits per heavy atom. The molecule has 0 aliphatic rings.